The predicted molar refractivity (Wildman–Crippen MR) is 124 cm³/mol. The summed E-state index contributed by atoms with van der Waals surface area (Å²) in [4.78, 5) is 19.0. The molecule has 0 amide bonds. The van der Waals surface area contributed by atoms with E-state index in [0.29, 0.717) is 6.54 Å². The molecule has 0 atom stereocenters. The summed E-state index contributed by atoms with van der Waals surface area (Å²) in [6, 6.07) is 17.1. The van der Waals surface area contributed by atoms with Crippen LogP contribution >= 0.6 is 11.8 Å². The van der Waals surface area contributed by atoms with Crippen molar-refractivity contribution in [3.63, 3.8) is 0 Å². The van der Waals surface area contributed by atoms with Gasteiger partial charge in [-0.1, -0.05) is 78.7 Å². The molecule has 3 aromatic rings. The van der Waals surface area contributed by atoms with Crippen molar-refractivity contribution in [3.05, 3.63) is 81.1 Å². The van der Waals surface area contributed by atoms with Crippen molar-refractivity contribution in [2.24, 2.45) is 0 Å². The molecule has 1 heterocycles. The fraction of sp³-hybridized carbons (Fsp3) is 0.385. The monoisotopic (exact) mass is 416 g/mol. The van der Waals surface area contributed by atoms with Crippen LogP contribution in [0.15, 0.2) is 58.5 Å². The van der Waals surface area contributed by atoms with Crippen LogP contribution in [0.1, 0.15) is 54.9 Å². The van der Waals surface area contributed by atoms with Crippen molar-refractivity contribution in [2.45, 2.75) is 68.8 Å². The van der Waals surface area contributed by atoms with Gasteiger partial charge in [0.1, 0.15) is 0 Å². The number of aryl methyl sites for hydroxylation is 1. The van der Waals surface area contributed by atoms with Crippen LogP contribution in [-0.2, 0) is 24.1 Å². The average molecular weight is 417 g/mol. The summed E-state index contributed by atoms with van der Waals surface area (Å²) in [5.41, 5.74) is 7.13. The summed E-state index contributed by atoms with van der Waals surface area (Å²) in [6.45, 7) is 4.84. The van der Waals surface area contributed by atoms with Gasteiger partial charge in [-0.3, -0.25) is 9.36 Å². The van der Waals surface area contributed by atoms with Gasteiger partial charge in [-0.15, -0.1) is 0 Å². The van der Waals surface area contributed by atoms with E-state index < -0.39 is 0 Å². The van der Waals surface area contributed by atoms with Gasteiger partial charge in [-0.25, -0.2) is 4.98 Å². The smallest absolute Gasteiger partial charge is 0.258 e. The lowest BCUT2D eigenvalue weighted by atomic mass is 9.68. The molecule has 0 radical (unpaired) electrons. The quantitative estimate of drug-likeness (QED) is 0.392. The van der Waals surface area contributed by atoms with Crippen LogP contribution in [0.3, 0.4) is 0 Å². The Bertz CT molecular complexity index is 1160. The van der Waals surface area contributed by atoms with Gasteiger partial charge >= 0.3 is 0 Å². The fourth-order valence-corrected chi connectivity index (χ4v) is 6.38. The highest BCUT2D eigenvalue weighted by atomic mass is 32.2. The molecule has 1 aromatic heterocycles. The third-order valence-corrected chi connectivity index (χ3v) is 7.84. The summed E-state index contributed by atoms with van der Waals surface area (Å²) in [7, 11) is 0. The molecule has 2 aliphatic carbocycles. The number of fused-ring (bicyclic) bond motifs is 4. The van der Waals surface area contributed by atoms with Crippen LogP contribution in [0.2, 0.25) is 0 Å². The summed E-state index contributed by atoms with van der Waals surface area (Å²) in [5, 5.41) is 0.840. The van der Waals surface area contributed by atoms with Crippen molar-refractivity contribution < 1.29 is 0 Å². The lowest BCUT2D eigenvalue weighted by Gasteiger charge is -2.36. The first kappa shape index (κ1) is 19.6. The zero-order valence-corrected chi connectivity index (χ0v) is 18.6. The van der Waals surface area contributed by atoms with E-state index in [9.17, 15) is 4.79 Å². The molecule has 1 fully saturated rings. The topological polar surface area (TPSA) is 34.9 Å². The van der Waals surface area contributed by atoms with Crippen LogP contribution in [-0.4, -0.2) is 9.55 Å². The highest BCUT2D eigenvalue weighted by molar-refractivity contribution is 7.98. The molecule has 0 bridgehead atoms. The van der Waals surface area contributed by atoms with Crippen molar-refractivity contribution in [3.8, 4) is 11.3 Å². The van der Waals surface area contributed by atoms with Gasteiger partial charge in [0.2, 0.25) is 0 Å². The molecule has 2 aromatic carbocycles. The molecule has 1 spiro atoms. The van der Waals surface area contributed by atoms with E-state index in [0.717, 1.165) is 47.0 Å². The Morgan fingerprint density at radius 3 is 2.67 bits per heavy atom. The third kappa shape index (κ3) is 3.22. The number of benzene rings is 2. The zero-order valence-electron chi connectivity index (χ0n) is 17.8. The number of thioether (sulfide) groups is 1. The second-order valence-electron chi connectivity index (χ2n) is 8.77. The summed E-state index contributed by atoms with van der Waals surface area (Å²) >= 11 is 1.68. The van der Waals surface area contributed by atoms with Crippen LogP contribution in [0.25, 0.3) is 11.3 Å². The molecule has 154 valence electrons. The summed E-state index contributed by atoms with van der Waals surface area (Å²) in [5.74, 6) is 0.819. The Morgan fingerprint density at radius 2 is 1.90 bits per heavy atom. The van der Waals surface area contributed by atoms with Gasteiger partial charge in [0.15, 0.2) is 5.16 Å². The Kier molecular flexibility index (Phi) is 5.06. The van der Waals surface area contributed by atoms with Crippen molar-refractivity contribution in [2.75, 3.05) is 0 Å². The number of aromatic nitrogens is 2. The van der Waals surface area contributed by atoms with Crippen molar-refractivity contribution in [1.82, 2.24) is 9.55 Å². The summed E-state index contributed by atoms with van der Waals surface area (Å²) in [6.07, 6.45) is 5.59. The fourth-order valence-electron chi connectivity index (χ4n) is 5.38. The molecule has 1 saturated carbocycles. The Balaban J connectivity index is 1.64. The Labute approximate surface area is 182 Å². The first-order chi connectivity index (χ1) is 14.6. The first-order valence-corrected chi connectivity index (χ1v) is 12.0. The molecule has 4 heteroatoms. The molecule has 0 N–H and O–H groups in total. The van der Waals surface area contributed by atoms with Gasteiger partial charge in [0, 0.05) is 23.3 Å². The minimum atomic E-state index is -0.0234. The van der Waals surface area contributed by atoms with Gasteiger partial charge in [-0.05, 0) is 44.2 Å². The Hall–Kier alpha value is -2.33. The molecule has 5 rings (SSSR count). The molecular formula is C26H28N2OS. The second-order valence-corrected chi connectivity index (χ2v) is 9.71. The van der Waals surface area contributed by atoms with E-state index in [1.165, 1.54) is 29.5 Å². The standard InChI is InChI=1S/C26H28N2OS/c1-3-28-24(29)22-23(27-25(28)30-17-19-10-8-9-18(2)15-19)21-12-5-4-11-20(21)16-26(22)13-6-7-14-26/h4-5,8-12,15H,3,6-7,13-14,16-17H2,1-2H3. The molecule has 30 heavy (non-hydrogen) atoms. The lowest BCUT2D eigenvalue weighted by Crippen LogP contribution is -2.40. The summed E-state index contributed by atoms with van der Waals surface area (Å²) < 4.78 is 1.91. The van der Waals surface area contributed by atoms with E-state index in [1.807, 2.05) is 4.57 Å². The molecule has 2 aliphatic rings. The minimum Gasteiger partial charge on any atom is -0.288 e. The van der Waals surface area contributed by atoms with Gasteiger partial charge < -0.3 is 0 Å². The third-order valence-electron chi connectivity index (χ3n) is 6.79. The minimum absolute atomic E-state index is 0.0234. The van der Waals surface area contributed by atoms with E-state index >= 15 is 0 Å². The van der Waals surface area contributed by atoms with E-state index in [4.69, 9.17) is 4.98 Å². The maximum Gasteiger partial charge on any atom is 0.258 e. The van der Waals surface area contributed by atoms with Gasteiger partial charge in [-0.2, -0.15) is 0 Å². The second kappa shape index (κ2) is 7.73. The lowest BCUT2D eigenvalue weighted by molar-refractivity contribution is 0.416. The predicted octanol–water partition coefficient (Wildman–Crippen LogP) is 5.90. The zero-order chi connectivity index (χ0) is 20.7. The van der Waals surface area contributed by atoms with Crippen LogP contribution in [0, 0.1) is 6.92 Å². The largest absolute Gasteiger partial charge is 0.288 e. The SMILES string of the molecule is CCn1c(SCc2cccc(C)c2)nc2c(c1=O)C1(CCCC1)Cc1ccccc1-2. The molecule has 0 saturated heterocycles. The number of hydrogen-bond donors (Lipinski definition) is 0. The van der Waals surface area contributed by atoms with Crippen LogP contribution < -0.4 is 5.56 Å². The highest BCUT2D eigenvalue weighted by Crippen LogP contribution is 2.50. The normalized spacial score (nSPS) is 16.5. The maximum atomic E-state index is 13.8. The Morgan fingerprint density at radius 1 is 1.10 bits per heavy atom. The van der Waals surface area contributed by atoms with Crippen LogP contribution in [0.5, 0.6) is 0 Å². The molecule has 0 aliphatic heterocycles. The van der Waals surface area contributed by atoms with E-state index in [1.54, 1.807) is 11.8 Å². The van der Waals surface area contributed by atoms with Crippen molar-refractivity contribution >= 4 is 11.8 Å². The van der Waals surface area contributed by atoms with Gasteiger partial charge in [0.05, 0.1) is 11.3 Å². The number of rotatable bonds is 4. The van der Waals surface area contributed by atoms with Crippen molar-refractivity contribution in [1.29, 1.82) is 0 Å². The van der Waals surface area contributed by atoms with Crippen LogP contribution in [0.4, 0.5) is 0 Å². The highest BCUT2D eigenvalue weighted by Gasteiger charge is 2.44. The maximum absolute atomic E-state index is 13.8. The van der Waals surface area contributed by atoms with E-state index in [-0.39, 0.29) is 11.0 Å². The van der Waals surface area contributed by atoms with Gasteiger partial charge in [0.25, 0.3) is 5.56 Å². The first-order valence-electron chi connectivity index (χ1n) is 11.0. The molecule has 0 unspecified atom stereocenters. The van der Waals surface area contributed by atoms with E-state index in [2.05, 4.69) is 62.4 Å². The number of hydrogen-bond acceptors (Lipinski definition) is 3. The average Bonchev–Trinajstić information content (AvgIpc) is 3.20. The molecular weight excluding hydrogens is 388 g/mol. The molecule has 3 nitrogen and oxygen atoms in total. The number of nitrogens with zero attached hydrogens (tertiary/aromatic N) is 2.